The van der Waals surface area contributed by atoms with Crippen molar-refractivity contribution in [2.45, 2.75) is 10.3 Å². The largest absolute Gasteiger partial charge is 0.368 e. The molecule has 1 nitrogen and oxygen atoms in total. The monoisotopic (exact) mass is 513 g/mol. The van der Waals surface area contributed by atoms with Gasteiger partial charge in [0.2, 0.25) is 0 Å². The van der Waals surface area contributed by atoms with Gasteiger partial charge in [-0.2, -0.15) is 0 Å². The van der Waals surface area contributed by atoms with Crippen LogP contribution in [0.3, 0.4) is 0 Å². The topological polar surface area (TPSA) is 12.0 Å². The molecule has 1 aliphatic carbocycles. The van der Waals surface area contributed by atoms with E-state index in [-0.39, 0.29) is 5.37 Å². The van der Waals surface area contributed by atoms with Gasteiger partial charge in [0.1, 0.15) is 5.37 Å². The molecular formula is C37H23NS. The molecule has 1 aliphatic heterocycles. The van der Waals surface area contributed by atoms with E-state index in [0.717, 1.165) is 0 Å². The van der Waals surface area contributed by atoms with E-state index >= 15 is 0 Å². The number of hydrogen-bond acceptors (Lipinski definition) is 2. The molecule has 182 valence electrons. The van der Waals surface area contributed by atoms with E-state index < -0.39 is 0 Å². The van der Waals surface area contributed by atoms with Gasteiger partial charge in [-0.3, -0.25) is 0 Å². The van der Waals surface area contributed by atoms with Crippen molar-refractivity contribution >= 4 is 49.8 Å². The van der Waals surface area contributed by atoms with Crippen molar-refractivity contribution in [2.75, 3.05) is 5.32 Å². The average molecular weight is 514 g/mol. The van der Waals surface area contributed by atoms with E-state index in [0.29, 0.717) is 0 Å². The third-order valence-corrected chi connectivity index (χ3v) is 9.72. The lowest BCUT2D eigenvalue weighted by Gasteiger charge is -2.13. The zero-order valence-corrected chi connectivity index (χ0v) is 21.9. The van der Waals surface area contributed by atoms with E-state index in [1.165, 1.54) is 81.8 Å². The summed E-state index contributed by atoms with van der Waals surface area (Å²) in [6, 6.07) is 47.0. The summed E-state index contributed by atoms with van der Waals surface area (Å²) in [5.74, 6) is 0. The van der Waals surface area contributed by atoms with Crippen LogP contribution in [0.5, 0.6) is 0 Å². The molecule has 0 saturated carbocycles. The fourth-order valence-corrected chi connectivity index (χ4v) is 7.96. The molecule has 0 radical (unpaired) electrons. The summed E-state index contributed by atoms with van der Waals surface area (Å²) in [5, 5.41) is 11.9. The molecule has 7 aromatic rings. The fourth-order valence-electron chi connectivity index (χ4n) is 6.64. The standard InChI is InChI=1S/C37H23NS/c1-2-7-24(8-3-1)37-38-33-20-17-23-15-13-22-14-16-25(21-32(22)34(23)36(33)39-37)26-18-19-31-28-10-5-4-9-27(28)30-12-6-11-29(26)35(30)31/h1-21,37-38H. The summed E-state index contributed by atoms with van der Waals surface area (Å²) < 4.78 is 0. The highest BCUT2D eigenvalue weighted by atomic mass is 32.2. The molecule has 0 saturated heterocycles. The lowest BCUT2D eigenvalue weighted by Crippen LogP contribution is -2.00. The number of hydrogen-bond donors (Lipinski definition) is 1. The molecule has 0 amide bonds. The smallest absolute Gasteiger partial charge is 0.103 e. The highest BCUT2D eigenvalue weighted by molar-refractivity contribution is 8.00. The van der Waals surface area contributed by atoms with Crippen LogP contribution in [0.4, 0.5) is 5.69 Å². The van der Waals surface area contributed by atoms with Crippen molar-refractivity contribution in [3.8, 4) is 33.4 Å². The van der Waals surface area contributed by atoms with Crippen LogP contribution in [0.25, 0.3) is 65.7 Å². The van der Waals surface area contributed by atoms with Gasteiger partial charge in [-0.1, -0.05) is 127 Å². The summed E-state index contributed by atoms with van der Waals surface area (Å²) in [6.45, 7) is 0. The summed E-state index contributed by atoms with van der Waals surface area (Å²) >= 11 is 1.93. The molecule has 2 heteroatoms. The van der Waals surface area contributed by atoms with E-state index in [4.69, 9.17) is 0 Å². The first-order chi connectivity index (χ1) is 19.3. The average Bonchev–Trinajstić information content (AvgIpc) is 3.58. The van der Waals surface area contributed by atoms with Crippen LogP contribution >= 0.6 is 11.8 Å². The summed E-state index contributed by atoms with van der Waals surface area (Å²) in [6.07, 6.45) is 0. The van der Waals surface area contributed by atoms with Crippen molar-refractivity contribution in [3.63, 3.8) is 0 Å². The lowest BCUT2D eigenvalue weighted by atomic mass is 9.92. The first-order valence-electron chi connectivity index (χ1n) is 13.5. The van der Waals surface area contributed by atoms with Gasteiger partial charge in [-0.05, 0) is 78.0 Å². The molecule has 39 heavy (non-hydrogen) atoms. The molecular weight excluding hydrogens is 490 g/mol. The van der Waals surface area contributed by atoms with Gasteiger partial charge in [-0.15, -0.1) is 0 Å². The van der Waals surface area contributed by atoms with Crippen LogP contribution in [0, 0.1) is 0 Å². The molecule has 1 atom stereocenters. The van der Waals surface area contributed by atoms with Crippen LogP contribution in [0.1, 0.15) is 10.9 Å². The SMILES string of the molecule is c1ccc(C2Nc3ccc4ccc5ccc(-c6ccc7c8c(cccc68)-c6ccccc6-7)cc5c4c3S2)cc1. The third-order valence-electron chi connectivity index (χ3n) is 8.44. The van der Waals surface area contributed by atoms with Gasteiger partial charge < -0.3 is 5.32 Å². The Labute approximate surface area is 231 Å². The minimum absolute atomic E-state index is 0.225. The highest BCUT2D eigenvalue weighted by Gasteiger charge is 2.26. The maximum Gasteiger partial charge on any atom is 0.103 e. The van der Waals surface area contributed by atoms with Crippen molar-refractivity contribution in [1.82, 2.24) is 0 Å². The van der Waals surface area contributed by atoms with Crippen molar-refractivity contribution < 1.29 is 0 Å². The Hall–Kier alpha value is -4.53. The van der Waals surface area contributed by atoms with E-state index in [1.807, 2.05) is 11.8 Å². The fraction of sp³-hybridized carbons (Fsp3) is 0.0270. The van der Waals surface area contributed by atoms with Crippen molar-refractivity contribution in [1.29, 1.82) is 0 Å². The van der Waals surface area contributed by atoms with Crippen molar-refractivity contribution in [2.24, 2.45) is 0 Å². The molecule has 0 bridgehead atoms. The van der Waals surface area contributed by atoms with Crippen LogP contribution in [0.15, 0.2) is 132 Å². The second-order valence-corrected chi connectivity index (χ2v) is 11.6. The van der Waals surface area contributed by atoms with Gasteiger partial charge in [0.25, 0.3) is 0 Å². The predicted octanol–water partition coefficient (Wildman–Crippen LogP) is 10.7. The molecule has 7 aromatic carbocycles. The van der Waals surface area contributed by atoms with E-state index in [2.05, 4.69) is 133 Å². The van der Waals surface area contributed by atoms with Gasteiger partial charge in [0.15, 0.2) is 0 Å². The zero-order chi connectivity index (χ0) is 25.5. The Morgan fingerprint density at radius 2 is 1.18 bits per heavy atom. The Morgan fingerprint density at radius 1 is 0.487 bits per heavy atom. The molecule has 1 heterocycles. The molecule has 1 unspecified atom stereocenters. The molecule has 9 rings (SSSR count). The summed E-state index contributed by atoms with van der Waals surface area (Å²) in [5.41, 5.74) is 10.5. The number of nitrogens with one attached hydrogen (secondary N) is 1. The molecule has 0 fully saturated rings. The Bertz CT molecular complexity index is 2100. The zero-order valence-electron chi connectivity index (χ0n) is 21.1. The third kappa shape index (κ3) is 3.04. The number of rotatable bonds is 2. The number of thioether (sulfide) groups is 1. The Balaban J connectivity index is 1.26. The molecule has 1 N–H and O–H groups in total. The number of anilines is 1. The molecule has 0 spiro atoms. The van der Waals surface area contributed by atoms with Crippen LogP contribution in [0.2, 0.25) is 0 Å². The van der Waals surface area contributed by atoms with Crippen LogP contribution in [-0.4, -0.2) is 0 Å². The van der Waals surface area contributed by atoms with E-state index in [1.54, 1.807) is 0 Å². The van der Waals surface area contributed by atoms with Gasteiger partial charge in [-0.25, -0.2) is 0 Å². The van der Waals surface area contributed by atoms with Gasteiger partial charge in [0.05, 0.1) is 0 Å². The minimum Gasteiger partial charge on any atom is -0.368 e. The highest BCUT2D eigenvalue weighted by Crippen LogP contribution is 2.52. The Morgan fingerprint density at radius 3 is 2.05 bits per heavy atom. The first kappa shape index (κ1) is 21.4. The minimum atomic E-state index is 0.225. The summed E-state index contributed by atoms with van der Waals surface area (Å²) in [7, 11) is 0. The maximum atomic E-state index is 3.77. The quantitative estimate of drug-likeness (QED) is 0.231. The normalized spacial score (nSPS) is 15.0. The Kier molecular flexibility index (Phi) is 4.38. The molecule has 2 aliphatic rings. The maximum absolute atomic E-state index is 3.77. The lowest BCUT2D eigenvalue weighted by molar-refractivity contribution is 1.14. The first-order valence-corrected chi connectivity index (χ1v) is 14.3. The second-order valence-electron chi connectivity index (χ2n) is 10.5. The van der Waals surface area contributed by atoms with Crippen LogP contribution < -0.4 is 5.32 Å². The summed E-state index contributed by atoms with van der Waals surface area (Å²) in [4.78, 5) is 1.35. The number of fused-ring (bicyclic) bond motifs is 8. The van der Waals surface area contributed by atoms with Gasteiger partial charge >= 0.3 is 0 Å². The van der Waals surface area contributed by atoms with Crippen molar-refractivity contribution in [3.05, 3.63) is 133 Å². The van der Waals surface area contributed by atoms with Crippen LogP contribution in [-0.2, 0) is 0 Å². The second kappa shape index (κ2) is 7.99. The van der Waals surface area contributed by atoms with Gasteiger partial charge in [0, 0.05) is 16.0 Å². The molecule has 0 aromatic heterocycles. The van der Waals surface area contributed by atoms with E-state index in [9.17, 15) is 0 Å². The number of benzene rings is 7. The predicted molar refractivity (Wildman–Crippen MR) is 167 cm³/mol.